The summed E-state index contributed by atoms with van der Waals surface area (Å²) in [7, 11) is 2.88. The minimum absolute atomic E-state index is 0.0325. The topological polar surface area (TPSA) is 55.6 Å². The predicted molar refractivity (Wildman–Crippen MR) is 62.7 cm³/mol. The van der Waals surface area contributed by atoms with E-state index in [1.165, 1.54) is 25.1 Å². The highest BCUT2D eigenvalue weighted by atomic mass is 19.1. The Morgan fingerprint density at radius 1 is 1.50 bits per heavy atom. The van der Waals surface area contributed by atoms with Crippen molar-refractivity contribution in [3.05, 3.63) is 35.4 Å². The summed E-state index contributed by atoms with van der Waals surface area (Å²) < 4.78 is 31.0. The third kappa shape index (κ3) is 3.48. The summed E-state index contributed by atoms with van der Waals surface area (Å²) in [4.78, 5) is 13.1. The quantitative estimate of drug-likeness (QED) is 0.853. The number of hydrogen-bond donors (Lipinski definition) is 1. The summed E-state index contributed by atoms with van der Waals surface area (Å²) in [6, 6.07) is 3.23. The lowest BCUT2D eigenvalue weighted by atomic mass is 10.2. The van der Waals surface area contributed by atoms with Crippen molar-refractivity contribution in [1.29, 1.82) is 0 Å². The largest absolute Gasteiger partial charge is 0.370 e. The van der Waals surface area contributed by atoms with Gasteiger partial charge in [0.05, 0.1) is 0 Å². The van der Waals surface area contributed by atoms with Crippen molar-refractivity contribution in [2.45, 2.75) is 12.6 Å². The lowest BCUT2D eigenvalue weighted by Crippen LogP contribution is -2.41. The molecule has 0 aliphatic carbocycles. The van der Waals surface area contributed by atoms with E-state index in [2.05, 4.69) is 0 Å². The zero-order valence-corrected chi connectivity index (χ0v) is 10.3. The first kappa shape index (κ1) is 14.5. The van der Waals surface area contributed by atoms with Gasteiger partial charge in [0.1, 0.15) is 17.7 Å². The van der Waals surface area contributed by atoms with Gasteiger partial charge in [-0.05, 0) is 6.07 Å². The molecule has 1 unspecified atom stereocenters. The van der Waals surface area contributed by atoms with Gasteiger partial charge >= 0.3 is 0 Å². The van der Waals surface area contributed by atoms with Crippen molar-refractivity contribution in [3.63, 3.8) is 0 Å². The molecule has 1 aromatic carbocycles. The second-order valence-electron chi connectivity index (χ2n) is 3.89. The molecule has 0 saturated carbocycles. The maximum atomic E-state index is 13.4. The molecule has 100 valence electrons. The molecule has 1 amide bonds. The Labute approximate surface area is 104 Å². The molecule has 0 bridgehead atoms. The van der Waals surface area contributed by atoms with Crippen LogP contribution in [0.3, 0.4) is 0 Å². The van der Waals surface area contributed by atoms with E-state index in [1.807, 2.05) is 0 Å². The van der Waals surface area contributed by atoms with E-state index in [-0.39, 0.29) is 24.6 Å². The van der Waals surface area contributed by atoms with Crippen molar-refractivity contribution >= 4 is 5.91 Å². The van der Waals surface area contributed by atoms with Crippen LogP contribution in [-0.2, 0) is 16.1 Å². The summed E-state index contributed by atoms with van der Waals surface area (Å²) in [6.07, 6.45) is -0.751. The van der Waals surface area contributed by atoms with Crippen molar-refractivity contribution in [2.75, 3.05) is 20.7 Å². The third-order valence-corrected chi connectivity index (χ3v) is 2.57. The normalized spacial score (nSPS) is 12.3. The maximum absolute atomic E-state index is 13.4. The van der Waals surface area contributed by atoms with Crippen molar-refractivity contribution < 1.29 is 18.3 Å². The van der Waals surface area contributed by atoms with E-state index >= 15 is 0 Å². The number of nitrogens with two attached hydrogens (primary N) is 1. The molecule has 0 aliphatic heterocycles. The molecule has 1 atom stereocenters. The highest BCUT2D eigenvalue weighted by Gasteiger charge is 2.20. The minimum Gasteiger partial charge on any atom is -0.370 e. The first-order chi connectivity index (χ1) is 8.49. The molecule has 0 aromatic heterocycles. The molecule has 0 spiro atoms. The van der Waals surface area contributed by atoms with Crippen LogP contribution in [0.2, 0.25) is 0 Å². The standard InChI is InChI=1S/C12H16F2N2O2/c1-16(12(17)11(6-15)18-2)7-8-3-4-9(13)5-10(8)14/h3-5,11H,6-7,15H2,1-2H3. The zero-order chi connectivity index (χ0) is 13.7. The van der Waals surface area contributed by atoms with E-state index in [1.54, 1.807) is 0 Å². The van der Waals surface area contributed by atoms with Crippen LogP contribution in [0.1, 0.15) is 5.56 Å². The van der Waals surface area contributed by atoms with Gasteiger partial charge in [-0.1, -0.05) is 6.07 Å². The first-order valence-corrected chi connectivity index (χ1v) is 5.41. The van der Waals surface area contributed by atoms with Gasteiger partial charge in [0.2, 0.25) is 0 Å². The molecule has 0 aliphatic rings. The van der Waals surface area contributed by atoms with E-state index in [0.717, 1.165) is 12.1 Å². The lowest BCUT2D eigenvalue weighted by molar-refractivity contribution is -0.140. The van der Waals surface area contributed by atoms with Gasteiger partial charge in [-0.15, -0.1) is 0 Å². The van der Waals surface area contributed by atoms with Gasteiger partial charge in [-0.3, -0.25) is 4.79 Å². The summed E-state index contributed by atoms with van der Waals surface area (Å²) in [5.74, 6) is -1.68. The Kier molecular flexibility index (Phi) is 5.18. The van der Waals surface area contributed by atoms with Crippen LogP contribution in [-0.4, -0.2) is 37.6 Å². The van der Waals surface area contributed by atoms with Crippen molar-refractivity contribution in [3.8, 4) is 0 Å². The zero-order valence-electron chi connectivity index (χ0n) is 10.3. The number of nitrogens with zero attached hydrogens (tertiary/aromatic N) is 1. The Hall–Kier alpha value is -1.53. The molecule has 0 saturated heterocycles. The van der Waals surface area contributed by atoms with Crippen LogP contribution in [0.15, 0.2) is 18.2 Å². The lowest BCUT2D eigenvalue weighted by Gasteiger charge is -2.22. The summed E-state index contributed by atoms with van der Waals surface area (Å²) in [5.41, 5.74) is 5.60. The fourth-order valence-corrected chi connectivity index (χ4v) is 1.53. The smallest absolute Gasteiger partial charge is 0.253 e. The Morgan fingerprint density at radius 2 is 2.17 bits per heavy atom. The third-order valence-electron chi connectivity index (χ3n) is 2.57. The second-order valence-corrected chi connectivity index (χ2v) is 3.89. The summed E-state index contributed by atoms with van der Waals surface area (Å²) in [6.45, 7) is 0.0797. The van der Waals surface area contributed by atoms with Crippen LogP contribution in [0.4, 0.5) is 8.78 Å². The second kappa shape index (κ2) is 6.42. The maximum Gasteiger partial charge on any atom is 0.253 e. The molecule has 2 N–H and O–H groups in total. The number of hydrogen-bond acceptors (Lipinski definition) is 3. The van der Waals surface area contributed by atoms with E-state index < -0.39 is 17.7 Å². The number of ether oxygens (including phenoxy) is 1. The van der Waals surface area contributed by atoms with E-state index in [9.17, 15) is 13.6 Å². The highest BCUT2D eigenvalue weighted by Crippen LogP contribution is 2.12. The van der Waals surface area contributed by atoms with E-state index in [4.69, 9.17) is 10.5 Å². The highest BCUT2D eigenvalue weighted by molar-refractivity contribution is 5.80. The van der Waals surface area contributed by atoms with Gasteiger partial charge in [0.15, 0.2) is 0 Å². The fourth-order valence-electron chi connectivity index (χ4n) is 1.53. The summed E-state index contributed by atoms with van der Waals surface area (Å²) >= 11 is 0. The predicted octanol–water partition coefficient (Wildman–Crippen LogP) is 0.897. The summed E-state index contributed by atoms with van der Waals surface area (Å²) in [5, 5.41) is 0. The van der Waals surface area contributed by atoms with Crippen molar-refractivity contribution in [1.82, 2.24) is 4.90 Å². The van der Waals surface area contributed by atoms with Crippen LogP contribution in [0.25, 0.3) is 0 Å². The number of likely N-dealkylation sites (N-methyl/N-ethyl adjacent to an activating group) is 1. The van der Waals surface area contributed by atoms with Crippen LogP contribution in [0.5, 0.6) is 0 Å². The minimum atomic E-state index is -0.751. The molecule has 6 heteroatoms. The number of methoxy groups -OCH3 is 1. The molecule has 1 rings (SSSR count). The SMILES string of the molecule is COC(CN)C(=O)N(C)Cc1ccc(F)cc1F. The van der Waals surface area contributed by atoms with Gasteiger partial charge in [0.25, 0.3) is 5.91 Å². The number of benzene rings is 1. The van der Waals surface area contributed by atoms with Crippen molar-refractivity contribution in [2.24, 2.45) is 5.73 Å². The molecule has 0 radical (unpaired) electrons. The molecule has 1 aromatic rings. The number of amides is 1. The molecular formula is C12H16F2N2O2. The molecule has 18 heavy (non-hydrogen) atoms. The Bertz CT molecular complexity index is 423. The van der Waals surface area contributed by atoms with Gasteiger partial charge in [-0.2, -0.15) is 0 Å². The fraction of sp³-hybridized carbons (Fsp3) is 0.417. The number of halogens is 2. The van der Waals surface area contributed by atoms with Crippen LogP contribution < -0.4 is 5.73 Å². The van der Waals surface area contributed by atoms with Gasteiger partial charge < -0.3 is 15.4 Å². The molecular weight excluding hydrogens is 242 g/mol. The van der Waals surface area contributed by atoms with E-state index in [0.29, 0.717) is 0 Å². The molecule has 4 nitrogen and oxygen atoms in total. The van der Waals surface area contributed by atoms with Gasteiger partial charge in [-0.25, -0.2) is 8.78 Å². The number of rotatable bonds is 5. The average Bonchev–Trinajstić information content (AvgIpc) is 2.34. The van der Waals surface area contributed by atoms with Gasteiger partial charge in [0, 0.05) is 38.9 Å². The first-order valence-electron chi connectivity index (χ1n) is 5.41. The molecule has 0 fully saturated rings. The average molecular weight is 258 g/mol. The Morgan fingerprint density at radius 3 is 2.67 bits per heavy atom. The number of carbonyl (C=O) groups is 1. The molecule has 0 heterocycles. The number of carbonyl (C=O) groups excluding carboxylic acids is 1. The van der Waals surface area contributed by atoms with Crippen LogP contribution in [0, 0.1) is 11.6 Å². The van der Waals surface area contributed by atoms with Crippen LogP contribution >= 0.6 is 0 Å². The monoisotopic (exact) mass is 258 g/mol. The Balaban J connectivity index is 2.75.